The number of ketones is 1. The Hall–Kier alpha value is -2.38. The summed E-state index contributed by atoms with van der Waals surface area (Å²) in [6.45, 7) is 2.78. The van der Waals surface area contributed by atoms with Gasteiger partial charge in [-0.05, 0) is 38.0 Å². The highest BCUT2D eigenvalue weighted by Gasteiger charge is 2.34. The number of anilines is 1. The molecule has 0 saturated carbocycles. The maximum absolute atomic E-state index is 12.7. The highest BCUT2D eigenvalue weighted by Crippen LogP contribution is 2.30. The zero-order valence-corrected chi connectivity index (χ0v) is 13.1. The molecule has 2 aromatic heterocycles. The molecule has 0 aliphatic carbocycles. The molecule has 1 aliphatic rings. The molecule has 0 unspecified atom stereocenters. The molecule has 1 saturated heterocycles. The van der Waals surface area contributed by atoms with Gasteiger partial charge in [0.2, 0.25) is 0 Å². The Morgan fingerprint density at radius 2 is 2.08 bits per heavy atom. The van der Waals surface area contributed by atoms with Crippen LogP contribution in [0.1, 0.15) is 41.9 Å². The van der Waals surface area contributed by atoms with E-state index >= 15 is 0 Å². The van der Waals surface area contributed by atoms with Crippen LogP contribution in [-0.2, 0) is 6.18 Å². The Labute approximate surface area is 137 Å². The summed E-state index contributed by atoms with van der Waals surface area (Å²) >= 11 is 0. The number of hydrogen-bond donors (Lipinski definition) is 0. The molecular weight excluding hydrogens is 321 g/mol. The van der Waals surface area contributed by atoms with Crippen molar-refractivity contribution < 1.29 is 18.0 Å². The zero-order chi connectivity index (χ0) is 17.3. The third kappa shape index (κ3) is 3.42. The van der Waals surface area contributed by atoms with E-state index in [-0.39, 0.29) is 11.8 Å². The minimum absolute atomic E-state index is 0.0539. The standard InChI is InChI=1S/C16H17F3N4O/c1-11(24)12-4-5-15(20-9-12)22-7-2-3-13(10-22)23-8-6-14(21-23)16(17,18)19/h4-6,8-9,13H,2-3,7,10H2,1H3/t13-/m0/s1. The first-order chi connectivity index (χ1) is 11.3. The molecule has 0 spiro atoms. The summed E-state index contributed by atoms with van der Waals surface area (Å²) in [6.07, 6.45) is 0.0763. The van der Waals surface area contributed by atoms with Crippen molar-refractivity contribution in [3.63, 3.8) is 0 Å². The molecule has 1 atom stereocenters. The molecule has 128 valence electrons. The van der Waals surface area contributed by atoms with Gasteiger partial charge in [0.05, 0.1) is 6.04 Å². The summed E-state index contributed by atoms with van der Waals surface area (Å²) in [6, 6.07) is 4.34. The number of piperidine rings is 1. The van der Waals surface area contributed by atoms with Crippen molar-refractivity contribution in [3.05, 3.63) is 41.9 Å². The maximum Gasteiger partial charge on any atom is 0.435 e. The van der Waals surface area contributed by atoms with Gasteiger partial charge < -0.3 is 4.90 Å². The molecule has 2 aromatic rings. The van der Waals surface area contributed by atoms with Crippen LogP contribution in [-0.4, -0.2) is 33.6 Å². The average Bonchev–Trinajstić information content (AvgIpc) is 3.05. The highest BCUT2D eigenvalue weighted by molar-refractivity contribution is 5.93. The SMILES string of the molecule is CC(=O)c1ccc(N2CCC[C@H](n3ccc(C(F)(F)F)n3)C2)nc1. The first kappa shape index (κ1) is 16.5. The summed E-state index contributed by atoms with van der Waals surface area (Å²) in [4.78, 5) is 17.6. The largest absolute Gasteiger partial charge is 0.435 e. The van der Waals surface area contributed by atoms with E-state index < -0.39 is 11.9 Å². The van der Waals surface area contributed by atoms with Gasteiger partial charge in [0.25, 0.3) is 0 Å². The van der Waals surface area contributed by atoms with Gasteiger partial charge >= 0.3 is 6.18 Å². The summed E-state index contributed by atoms with van der Waals surface area (Å²) in [5.74, 6) is 0.662. The van der Waals surface area contributed by atoms with E-state index in [4.69, 9.17) is 0 Å². The molecular formula is C16H17F3N4O. The number of alkyl halides is 3. The number of carbonyl (C=O) groups is 1. The molecule has 0 bridgehead atoms. The van der Waals surface area contributed by atoms with Crippen molar-refractivity contribution in [2.24, 2.45) is 0 Å². The van der Waals surface area contributed by atoms with Crippen molar-refractivity contribution in [3.8, 4) is 0 Å². The van der Waals surface area contributed by atoms with Crippen LogP contribution in [0.5, 0.6) is 0 Å². The zero-order valence-electron chi connectivity index (χ0n) is 13.1. The van der Waals surface area contributed by atoms with Gasteiger partial charge in [0.15, 0.2) is 11.5 Å². The molecule has 8 heteroatoms. The molecule has 0 amide bonds. The lowest BCUT2D eigenvalue weighted by Crippen LogP contribution is -2.37. The predicted molar refractivity (Wildman–Crippen MR) is 82.0 cm³/mol. The Balaban J connectivity index is 1.74. The summed E-state index contributed by atoms with van der Waals surface area (Å²) in [7, 11) is 0. The second kappa shape index (κ2) is 6.26. The van der Waals surface area contributed by atoms with Gasteiger partial charge in [-0.15, -0.1) is 0 Å². The monoisotopic (exact) mass is 338 g/mol. The van der Waals surface area contributed by atoms with Gasteiger partial charge in [-0.3, -0.25) is 9.48 Å². The first-order valence-electron chi connectivity index (χ1n) is 7.69. The molecule has 24 heavy (non-hydrogen) atoms. The van der Waals surface area contributed by atoms with Gasteiger partial charge in [0.1, 0.15) is 5.82 Å². The van der Waals surface area contributed by atoms with Crippen LogP contribution in [0.25, 0.3) is 0 Å². The van der Waals surface area contributed by atoms with E-state index in [0.717, 1.165) is 25.5 Å². The Kier molecular flexibility index (Phi) is 4.29. The minimum Gasteiger partial charge on any atom is -0.354 e. The van der Waals surface area contributed by atoms with E-state index in [1.54, 1.807) is 12.1 Å². The summed E-state index contributed by atoms with van der Waals surface area (Å²) in [5.41, 5.74) is -0.335. The number of nitrogens with zero attached hydrogens (tertiary/aromatic N) is 4. The fourth-order valence-corrected chi connectivity index (χ4v) is 2.85. The second-order valence-corrected chi connectivity index (χ2v) is 5.88. The molecule has 0 radical (unpaired) electrons. The van der Waals surface area contributed by atoms with Crippen molar-refractivity contribution in [2.45, 2.75) is 32.0 Å². The van der Waals surface area contributed by atoms with Crippen molar-refractivity contribution in [2.75, 3.05) is 18.0 Å². The summed E-state index contributed by atoms with van der Waals surface area (Å²) in [5, 5.41) is 3.67. The van der Waals surface area contributed by atoms with Crippen LogP contribution in [0.3, 0.4) is 0 Å². The van der Waals surface area contributed by atoms with E-state index in [1.807, 2.05) is 4.90 Å². The molecule has 3 rings (SSSR count). The third-order valence-corrected chi connectivity index (χ3v) is 4.15. The number of hydrogen-bond acceptors (Lipinski definition) is 4. The Morgan fingerprint density at radius 1 is 1.29 bits per heavy atom. The second-order valence-electron chi connectivity index (χ2n) is 5.88. The fraction of sp³-hybridized carbons (Fsp3) is 0.438. The lowest BCUT2D eigenvalue weighted by molar-refractivity contribution is -0.141. The quantitative estimate of drug-likeness (QED) is 0.806. The fourth-order valence-electron chi connectivity index (χ4n) is 2.85. The van der Waals surface area contributed by atoms with Crippen molar-refractivity contribution >= 4 is 11.6 Å². The van der Waals surface area contributed by atoms with E-state index in [1.165, 1.54) is 24.0 Å². The minimum atomic E-state index is -4.43. The van der Waals surface area contributed by atoms with E-state index in [9.17, 15) is 18.0 Å². The number of Topliss-reactive ketones (excluding diaryl/α,β-unsaturated/α-hetero) is 1. The van der Waals surface area contributed by atoms with E-state index in [0.29, 0.717) is 17.9 Å². The van der Waals surface area contributed by atoms with Crippen LogP contribution in [0, 0.1) is 0 Å². The first-order valence-corrected chi connectivity index (χ1v) is 7.69. The van der Waals surface area contributed by atoms with Crippen LogP contribution in [0.15, 0.2) is 30.6 Å². The van der Waals surface area contributed by atoms with Gasteiger partial charge in [0, 0.05) is 31.0 Å². The highest BCUT2D eigenvalue weighted by atomic mass is 19.4. The van der Waals surface area contributed by atoms with E-state index in [2.05, 4.69) is 10.1 Å². The molecule has 1 fully saturated rings. The molecule has 0 aromatic carbocycles. The number of rotatable bonds is 3. The molecule has 3 heterocycles. The number of halogens is 3. The van der Waals surface area contributed by atoms with Gasteiger partial charge in [-0.1, -0.05) is 0 Å². The number of aromatic nitrogens is 3. The number of pyridine rings is 1. The van der Waals surface area contributed by atoms with Crippen molar-refractivity contribution in [1.82, 2.24) is 14.8 Å². The Bertz CT molecular complexity index is 724. The van der Waals surface area contributed by atoms with Gasteiger partial charge in [-0.2, -0.15) is 18.3 Å². The van der Waals surface area contributed by atoms with Gasteiger partial charge in [-0.25, -0.2) is 4.98 Å². The van der Waals surface area contributed by atoms with Crippen LogP contribution in [0.2, 0.25) is 0 Å². The van der Waals surface area contributed by atoms with Crippen LogP contribution >= 0.6 is 0 Å². The number of carbonyl (C=O) groups excluding carboxylic acids is 1. The van der Waals surface area contributed by atoms with Crippen LogP contribution in [0.4, 0.5) is 19.0 Å². The third-order valence-electron chi connectivity index (χ3n) is 4.15. The molecule has 1 aliphatic heterocycles. The molecule has 5 nitrogen and oxygen atoms in total. The average molecular weight is 338 g/mol. The van der Waals surface area contributed by atoms with Crippen LogP contribution < -0.4 is 4.90 Å². The molecule has 0 N–H and O–H groups in total. The predicted octanol–water partition coefficient (Wildman–Crippen LogP) is 3.34. The lowest BCUT2D eigenvalue weighted by Gasteiger charge is -2.33. The Morgan fingerprint density at radius 3 is 2.67 bits per heavy atom. The summed E-state index contributed by atoms with van der Waals surface area (Å²) < 4.78 is 39.5. The normalized spacial score (nSPS) is 18.7. The van der Waals surface area contributed by atoms with Crippen molar-refractivity contribution in [1.29, 1.82) is 0 Å². The lowest BCUT2D eigenvalue weighted by atomic mass is 10.1. The topological polar surface area (TPSA) is 51.0 Å². The smallest absolute Gasteiger partial charge is 0.354 e. The maximum atomic E-state index is 12.7.